The number of nitrogens with zero attached hydrogens (tertiary/aromatic N) is 3. The molecule has 104 valence electrons. The average molecular weight is 301 g/mol. The molecule has 0 fully saturated rings. The molecule has 0 saturated carbocycles. The van der Waals surface area contributed by atoms with Crippen LogP contribution in [0.5, 0.6) is 0 Å². The number of hydrogen-bond donors (Lipinski definition) is 1. The maximum atomic E-state index is 13.0. The van der Waals surface area contributed by atoms with Gasteiger partial charge in [0.1, 0.15) is 17.6 Å². The Bertz CT molecular complexity index is 776. The predicted molar refractivity (Wildman–Crippen MR) is 79.2 cm³/mol. The second-order valence-corrected chi connectivity index (χ2v) is 4.20. The lowest BCUT2D eigenvalue weighted by Gasteiger charge is -2.05. The highest BCUT2D eigenvalue weighted by atomic mass is 35.5. The van der Waals surface area contributed by atoms with Gasteiger partial charge in [0, 0.05) is 23.5 Å². The molecule has 0 aliphatic carbocycles. The summed E-state index contributed by atoms with van der Waals surface area (Å²) in [6, 6.07) is 11.8. The molecular weight excluding hydrogens is 291 g/mol. The molecule has 0 aliphatic heterocycles. The van der Waals surface area contributed by atoms with Crippen molar-refractivity contribution in [2.24, 2.45) is 0 Å². The van der Waals surface area contributed by atoms with E-state index in [0.717, 1.165) is 11.1 Å². The largest absolute Gasteiger partial charge is 0.285 e. The molecule has 0 atom stereocenters. The number of halogens is 2. The lowest BCUT2D eigenvalue weighted by Crippen LogP contribution is -1.91. The molecule has 6 heteroatoms. The van der Waals surface area contributed by atoms with Crippen LogP contribution in [0.15, 0.2) is 48.8 Å². The third kappa shape index (κ3) is 2.91. The monoisotopic (exact) mass is 300 g/mol. The summed E-state index contributed by atoms with van der Waals surface area (Å²) in [5, 5.41) is 15.9. The van der Waals surface area contributed by atoms with E-state index >= 15 is 0 Å². The summed E-state index contributed by atoms with van der Waals surface area (Å²) in [5.41, 5.74) is 3.25. The molecule has 2 aromatic heterocycles. The molecule has 0 unspecified atom stereocenters. The Hall–Kier alpha value is -2.71. The van der Waals surface area contributed by atoms with E-state index in [0.29, 0.717) is 17.0 Å². The summed E-state index contributed by atoms with van der Waals surface area (Å²) in [6.45, 7) is 0. The molecule has 0 spiro atoms. The molecule has 3 rings (SSSR count). The van der Waals surface area contributed by atoms with Crippen molar-refractivity contribution in [1.82, 2.24) is 15.2 Å². The van der Waals surface area contributed by atoms with Crippen molar-refractivity contribution in [3.63, 3.8) is 0 Å². The number of rotatable bonds is 2. The Morgan fingerprint density at radius 3 is 2.48 bits per heavy atom. The summed E-state index contributed by atoms with van der Waals surface area (Å²) in [5.74, 6) is -0.289. The molecule has 3 aromatic rings. The highest BCUT2D eigenvalue weighted by Crippen LogP contribution is 2.26. The molecule has 4 nitrogen and oxygen atoms in total. The van der Waals surface area contributed by atoms with Gasteiger partial charge in [0.05, 0.1) is 5.69 Å². The Kier molecular flexibility index (Phi) is 4.31. The maximum absolute atomic E-state index is 13.0. The fraction of sp³-hybridized carbons (Fsp3) is 0. The van der Waals surface area contributed by atoms with E-state index in [1.165, 1.54) is 12.1 Å². The Morgan fingerprint density at radius 1 is 1.10 bits per heavy atom. The minimum Gasteiger partial charge on any atom is -0.285 e. The van der Waals surface area contributed by atoms with Gasteiger partial charge in [0.15, 0.2) is 0 Å². The second kappa shape index (κ2) is 6.16. The standard InChI is InChI=1S/C15H9FN4.ClH/c16-12-3-1-10(2-4-12)11-7-13(14-5-6-19-20-14)15(8-17)18-9-11;/h1-7,9H,(H,19,20);1H. The Balaban J connectivity index is 0.00000161. The van der Waals surface area contributed by atoms with Crippen LogP contribution >= 0.6 is 12.4 Å². The molecule has 1 N–H and O–H groups in total. The van der Waals surface area contributed by atoms with Crippen LogP contribution in [0.1, 0.15) is 5.69 Å². The molecule has 21 heavy (non-hydrogen) atoms. The van der Waals surface area contributed by atoms with Gasteiger partial charge in [-0.15, -0.1) is 12.4 Å². The first-order valence-electron chi connectivity index (χ1n) is 5.94. The van der Waals surface area contributed by atoms with Crippen LogP contribution in [-0.2, 0) is 0 Å². The number of hydrogen-bond acceptors (Lipinski definition) is 3. The van der Waals surface area contributed by atoms with Crippen molar-refractivity contribution in [1.29, 1.82) is 5.26 Å². The van der Waals surface area contributed by atoms with Gasteiger partial charge in [-0.05, 0) is 29.8 Å². The molecule has 0 bridgehead atoms. The molecule has 1 aromatic carbocycles. The number of pyridine rings is 1. The van der Waals surface area contributed by atoms with E-state index < -0.39 is 0 Å². The molecular formula is C15H10ClFN4. The fourth-order valence-electron chi connectivity index (χ4n) is 1.96. The highest BCUT2D eigenvalue weighted by Gasteiger charge is 2.10. The van der Waals surface area contributed by atoms with Gasteiger partial charge in [-0.2, -0.15) is 10.4 Å². The van der Waals surface area contributed by atoms with Crippen LogP contribution in [0.4, 0.5) is 4.39 Å². The minimum absolute atomic E-state index is 0. The topological polar surface area (TPSA) is 65.4 Å². The van der Waals surface area contributed by atoms with Crippen molar-refractivity contribution < 1.29 is 4.39 Å². The van der Waals surface area contributed by atoms with Crippen molar-refractivity contribution >= 4 is 12.4 Å². The van der Waals surface area contributed by atoms with E-state index in [1.54, 1.807) is 30.6 Å². The SMILES string of the molecule is Cl.N#Cc1ncc(-c2ccc(F)cc2)cc1-c1cc[nH]n1. The van der Waals surface area contributed by atoms with E-state index in [-0.39, 0.29) is 18.2 Å². The van der Waals surface area contributed by atoms with Crippen molar-refractivity contribution in [2.45, 2.75) is 0 Å². The van der Waals surface area contributed by atoms with Gasteiger partial charge in [-0.25, -0.2) is 9.37 Å². The third-order valence-electron chi connectivity index (χ3n) is 2.95. The summed E-state index contributed by atoms with van der Waals surface area (Å²) >= 11 is 0. The van der Waals surface area contributed by atoms with Gasteiger partial charge in [0.25, 0.3) is 0 Å². The van der Waals surface area contributed by atoms with Crippen molar-refractivity contribution in [3.05, 3.63) is 60.3 Å². The normalized spacial score (nSPS) is 9.71. The van der Waals surface area contributed by atoms with Gasteiger partial charge in [-0.3, -0.25) is 5.10 Å². The quantitative estimate of drug-likeness (QED) is 0.787. The number of H-pyrrole nitrogens is 1. The van der Waals surface area contributed by atoms with Crippen molar-refractivity contribution in [2.75, 3.05) is 0 Å². The van der Waals surface area contributed by atoms with E-state index in [1.807, 2.05) is 12.1 Å². The number of aromatic amines is 1. The molecule has 0 amide bonds. The second-order valence-electron chi connectivity index (χ2n) is 4.20. The zero-order chi connectivity index (χ0) is 13.9. The maximum Gasteiger partial charge on any atom is 0.149 e. The number of aromatic nitrogens is 3. The Morgan fingerprint density at radius 2 is 1.86 bits per heavy atom. The molecule has 2 heterocycles. The zero-order valence-electron chi connectivity index (χ0n) is 10.7. The number of nitriles is 1. The summed E-state index contributed by atoms with van der Waals surface area (Å²) in [7, 11) is 0. The van der Waals surface area contributed by atoms with E-state index in [4.69, 9.17) is 5.26 Å². The van der Waals surface area contributed by atoms with Gasteiger partial charge < -0.3 is 0 Å². The molecule has 0 saturated heterocycles. The van der Waals surface area contributed by atoms with Crippen LogP contribution < -0.4 is 0 Å². The average Bonchev–Trinajstić information content (AvgIpc) is 3.01. The number of benzene rings is 1. The summed E-state index contributed by atoms with van der Waals surface area (Å²) < 4.78 is 13.0. The van der Waals surface area contributed by atoms with Crippen LogP contribution in [0.25, 0.3) is 22.4 Å². The lowest BCUT2D eigenvalue weighted by molar-refractivity contribution is 0.628. The first kappa shape index (κ1) is 14.7. The predicted octanol–water partition coefficient (Wildman–Crippen LogP) is 3.57. The number of nitrogens with one attached hydrogen (secondary N) is 1. The van der Waals surface area contributed by atoms with E-state index in [2.05, 4.69) is 15.2 Å². The van der Waals surface area contributed by atoms with Crippen LogP contribution in [-0.4, -0.2) is 15.2 Å². The summed E-state index contributed by atoms with van der Waals surface area (Å²) in [4.78, 5) is 4.14. The third-order valence-corrected chi connectivity index (χ3v) is 2.95. The van der Waals surface area contributed by atoms with E-state index in [9.17, 15) is 4.39 Å². The summed E-state index contributed by atoms with van der Waals surface area (Å²) in [6.07, 6.45) is 3.28. The first-order chi connectivity index (χ1) is 9.78. The minimum atomic E-state index is -0.289. The van der Waals surface area contributed by atoms with Gasteiger partial charge in [-0.1, -0.05) is 12.1 Å². The van der Waals surface area contributed by atoms with Gasteiger partial charge >= 0.3 is 0 Å². The fourth-order valence-corrected chi connectivity index (χ4v) is 1.96. The van der Waals surface area contributed by atoms with Gasteiger partial charge in [0.2, 0.25) is 0 Å². The van der Waals surface area contributed by atoms with Crippen LogP contribution in [0.3, 0.4) is 0 Å². The smallest absolute Gasteiger partial charge is 0.149 e. The molecule has 0 aliphatic rings. The highest BCUT2D eigenvalue weighted by molar-refractivity contribution is 5.85. The Labute approximate surface area is 126 Å². The zero-order valence-corrected chi connectivity index (χ0v) is 11.6. The van der Waals surface area contributed by atoms with Crippen molar-refractivity contribution in [3.8, 4) is 28.5 Å². The molecule has 0 radical (unpaired) electrons. The van der Waals surface area contributed by atoms with Crippen LogP contribution in [0.2, 0.25) is 0 Å². The lowest BCUT2D eigenvalue weighted by atomic mass is 10.0. The first-order valence-corrected chi connectivity index (χ1v) is 5.94. The van der Waals surface area contributed by atoms with Crippen LogP contribution in [0, 0.1) is 17.1 Å².